The highest BCUT2D eigenvalue weighted by atomic mass is 16.3. The highest BCUT2D eigenvalue weighted by Gasteiger charge is 2.34. The Balaban J connectivity index is 1.70. The Morgan fingerprint density at radius 3 is 2.41 bits per heavy atom. The first-order chi connectivity index (χ1) is 8.13. The molecule has 2 aliphatic rings. The molecule has 0 bridgehead atoms. The molecule has 4 heteroatoms. The number of carbonyl (C=O) groups excluding carboxylic acids is 1. The van der Waals surface area contributed by atoms with Crippen molar-refractivity contribution >= 4 is 5.91 Å². The summed E-state index contributed by atoms with van der Waals surface area (Å²) in [5.41, 5.74) is 4.82. The second kappa shape index (κ2) is 5.36. The van der Waals surface area contributed by atoms with E-state index in [1.807, 2.05) is 0 Å². The smallest absolute Gasteiger partial charge is 0.223 e. The monoisotopic (exact) mass is 240 g/mol. The molecule has 0 heterocycles. The number of carbonyl (C=O) groups is 1. The summed E-state index contributed by atoms with van der Waals surface area (Å²) in [6, 6.07) is 0. The molecule has 4 N–H and O–H groups in total. The maximum absolute atomic E-state index is 11.9. The van der Waals surface area contributed by atoms with E-state index in [9.17, 15) is 9.90 Å². The molecule has 2 fully saturated rings. The summed E-state index contributed by atoms with van der Waals surface area (Å²) in [5.74, 6) is 0.974. The van der Waals surface area contributed by atoms with Gasteiger partial charge in [0.2, 0.25) is 5.91 Å². The minimum atomic E-state index is -0.718. The van der Waals surface area contributed by atoms with Crippen LogP contribution in [-0.4, -0.2) is 29.7 Å². The van der Waals surface area contributed by atoms with Crippen molar-refractivity contribution in [1.29, 1.82) is 0 Å². The Kier molecular flexibility index (Phi) is 4.05. The third-order valence-corrected chi connectivity index (χ3v) is 4.46. The summed E-state index contributed by atoms with van der Waals surface area (Å²) in [7, 11) is 0. The number of hydrogen-bond donors (Lipinski definition) is 3. The lowest BCUT2D eigenvalue weighted by atomic mass is 9.78. The number of rotatable bonds is 4. The highest BCUT2D eigenvalue weighted by molar-refractivity contribution is 5.78. The van der Waals surface area contributed by atoms with E-state index in [1.165, 1.54) is 19.3 Å². The molecular formula is C13H24N2O2. The normalized spacial score (nSPS) is 34.1. The van der Waals surface area contributed by atoms with Gasteiger partial charge in [-0.3, -0.25) is 4.79 Å². The van der Waals surface area contributed by atoms with Crippen LogP contribution in [0.15, 0.2) is 0 Å². The van der Waals surface area contributed by atoms with Gasteiger partial charge in [-0.05, 0) is 44.4 Å². The molecular weight excluding hydrogens is 216 g/mol. The minimum absolute atomic E-state index is 0.0851. The molecule has 0 radical (unpaired) electrons. The van der Waals surface area contributed by atoms with Crippen LogP contribution >= 0.6 is 0 Å². The predicted octanol–water partition coefficient (Wildman–Crippen LogP) is 0.783. The molecule has 0 atom stereocenters. The average Bonchev–Trinajstić information content (AvgIpc) is 2.28. The van der Waals surface area contributed by atoms with Crippen LogP contribution in [0.3, 0.4) is 0 Å². The fourth-order valence-electron chi connectivity index (χ4n) is 2.71. The second-order valence-corrected chi connectivity index (χ2v) is 5.74. The van der Waals surface area contributed by atoms with E-state index in [1.54, 1.807) is 0 Å². The van der Waals surface area contributed by atoms with Gasteiger partial charge in [0, 0.05) is 19.0 Å². The fraction of sp³-hybridized carbons (Fsp3) is 0.923. The van der Waals surface area contributed by atoms with Gasteiger partial charge in [0.1, 0.15) is 0 Å². The van der Waals surface area contributed by atoms with Gasteiger partial charge < -0.3 is 16.2 Å². The van der Waals surface area contributed by atoms with Crippen LogP contribution in [0.1, 0.15) is 44.9 Å². The third kappa shape index (κ3) is 3.19. The molecule has 2 saturated carbocycles. The van der Waals surface area contributed by atoms with E-state index in [0.29, 0.717) is 25.3 Å². The van der Waals surface area contributed by atoms with Crippen molar-refractivity contribution in [3.05, 3.63) is 0 Å². The van der Waals surface area contributed by atoms with E-state index >= 15 is 0 Å². The molecule has 0 aliphatic heterocycles. The SMILES string of the molecule is NCC1(O)CCC(C(=O)NCC2CCC2)CC1. The molecule has 17 heavy (non-hydrogen) atoms. The van der Waals surface area contributed by atoms with Crippen LogP contribution in [0.5, 0.6) is 0 Å². The molecule has 4 nitrogen and oxygen atoms in total. The van der Waals surface area contributed by atoms with E-state index in [0.717, 1.165) is 19.4 Å². The Bertz CT molecular complexity index is 269. The summed E-state index contributed by atoms with van der Waals surface area (Å²) < 4.78 is 0. The molecule has 0 unspecified atom stereocenters. The van der Waals surface area contributed by atoms with Gasteiger partial charge in [-0.1, -0.05) is 6.42 Å². The molecule has 0 aromatic heterocycles. The molecule has 0 aromatic rings. The molecule has 0 aromatic carbocycles. The van der Waals surface area contributed by atoms with E-state index in [2.05, 4.69) is 5.32 Å². The number of nitrogens with one attached hydrogen (secondary N) is 1. The number of aliphatic hydroxyl groups is 1. The quantitative estimate of drug-likeness (QED) is 0.680. The number of nitrogens with two attached hydrogens (primary N) is 1. The van der Waals surface area contributed by atoms with Gasteiger partial charge in [0.05, 0.1) is 5.60 Å². The zero-order valence-corrected chi connectivity index (χ0v) is 10.5. The molecule has 2 rings (SSSR count). The van der Waals surface area contributed by atoms with Crippen molar-refractivity contribution in [2.45, 2.75) is 50.5 Å². The summed E-state index contributed by atoms with van der Waals surface area (Å²) in [5, 5.41) is 13.0. The lowest BCUT2D eigenvalue weighted by Crippen LogP contribution is -2.44. The van der Waals surface area contributed by atoms with Crippen LogP contribution in [0.4, 0.5) is 0 Å². The van der Waals surface area contributed by atoms with Gasteiger partial charge in [-0.15, -0.1) is 0 Å². The van der Waals surface area contributed by atoms with Gasteiger partial charge in [0.15, 0.2) is 0 Å². The maximum Gasteiger partial charge on any atom is 0.223 e. The zero-order chi connectivity index (χ0) is 12.3. The van der Waals surface area contributed by atoms with Crippen molar-refractivity contribution in [1.82, 2.24) is 5.32 Å². The van der Waals surface area contributed by atoms with Crippen LogP contribution < -0.4 is 11.1 Å². The summed E-state index contributed by atoms with van der Waals surface area (Å²) in [6.07, 6.45) is 6.69. The maximum atomic E-state index is 11.9. The van der Waals surface area contributed by atoms with Crippen LogP contribution in [0.25, 0.3) is 0 Å². The van der Waals surface area contributed by atoms with E-state index in [4.69, 9.17) is 5.73 Å². The first kappa shape index (κ1) is 12.8. The van der Waals surface area contributed by atoms with Crippen molar-refractivity contribution < 1.29 is 9.90 Å². The largest absolute Gasteiger partial charge is 0.389 e. The van der Waals surface area contributed by atoms with Crippen molar-refractivity contribution in [3.63, 3.8) is 0 Å². The fourth-order valence-corrected chi connectivity index (χ4v) is 2.71. The van der Waals surface area contributed by atoms with Crippen molar-refractivity contribution in [2.75, 3.05) is 13.1 Å². The molecule has 2 aliphatic carbocycles. The molecule has 0 saturated heterocycles. The average molecular weight is 240 g/mol. The predicted molar refractivity (Wildman–Crippen MR) is 66.3 cm³/mol. The first-order valence-corrected chi connectivity index (χ1v) is 6.83. The van der Waals surface area contributed by atoms with Crippen LogP contribution in [-0.2, 0) is 4.79 Å². The summed E-state index contributed by atoms with van der Waals surface area (Å²) >= 11 is 0. The van der Waals surface area contributed by atoms with Crippen molar-refractivity contribution in [3.8, 4) is 0 Å². The van der Waals surface area contributed by atoms with E-state index < -0.39 is 5.60 Å². The Morgan fingerprint density at radius 2 is 1.94 bits per heavy atom. The second-order valence-electron chi connectivity index (χ2n) is 5.74. The standard InChI is InChI=1S/C13H24N2O2/c14-9-13(17)6-4-11(5-7-13)12(16)15-8-10-2-1-3-10/h10-11,17H,1-9,14H2,(H,15,16). The van der Waals surface area contributed by atoms with Crippen LogP contribution in [0.2, 0.25) is 0 Å². The first-order valence-electron chi connectivity index (χ1n) is 6.83. The Hall–Kier alpha value is -0.610. The van der Waals surface area contributed by atoms with E-state index in [-0.39, 0.29) is 11.8 Å². The van der Waals surface area contributed by atoms with Gasteiger partial charge >= 0.3 is 0 Å². The van der Waals surface area contributed by atoms with Gasteiger partial charge in [0.25, 0.3) is 0 Å². The summed E-state index contributed by atoms with van der Waals surface area (Å²) in [6.45, 7) is 1.15. The number of amides is 1. The van der Waals surface area contributed by atoms with Crippen molar-refractivity contribution in [2.24, 2.45) is 17.6 Å². The van der Waals surface area contributed by atoms with Gasteiger partial charge in [-0.2, -0.15) is 0 Å². The minimum Gasteiger partial charge on any atom is -0.389 e. The van der Waals surface area contributed by atoms with Crippen LogP contribution in [0, 0.1) is 11.8 Å². The molecule has 1 amide bonds. The Labute approximate surface area is 103 Å². The molecule has 0 spiro atoms. The number of hydrogen-bond acceptors (Lipinski definition) is 3. The zero-order valence-electron chi connectivity index (χ0n) is 10.5. The topological polar surface area (TPSA) is 75.3 Å². The third-order valence-electron chi connectivity index (χ3n) is 4.46. The highest BCUT2D eigenvalue weighted by Crippen LogP contribution is 2.31. The lowest BCUT2D eigenvalue weighted by molar-refractivity contribution is -0.128. The lowest BCUT2D eigenvalue weighted by Gasteiger charge is -2.35. The Morgan fingerprint density at radius 1 is 1.29 bits per heavy atom. The summed E-state index contributed by atoms with van der Waals surface area (Å²) in [4.78, 5) is 11.9. The van der Waals surface area contributed by atoms with Gasteiger partial charge in [-0.25, -0.2) is 0 Å². The molecule has 98 valence electrons.